The van der Waals surface area contributed by atoms with Crippen molar-refractivity contribution in [1.29, 1.82) is 0 Å². The van der Waals surface area contributed by atoms with Crippen LogP contribution in [-0.2, 0) is 14.4 Å². The van der Waals surface area contributed by atoms with Crippen LogP contribution in [0.15, 0.2) is 24.3 Å². The molecule has 0 spiro atoms. The summed E-state index contributed by atoms with van der Waals surface area (Å²) in [6.45, 7) is 6.71. The number of benzene rings is 1. The molecule has 2 aliphatic rings. The van der Waals surface area contributed by atoms with E-state index < -0.39 is 0 Å². The highest BCUT2D eigenvalue weighted by molar-refractivity contribution is 5.94. The van der Waals surface area contributed by atoms with Gasteiger partial charge in [-0.25, -0.2) is 0 Å². The lowest BCUT2D eigenvalue weighted by molar-refractivity contribution is -0.145. The summed E-state index contributed by atoms with van der Waals surface area (Å²) < 4.78 is 0. The molecule has 3 rings (SSSR count). The van der Waals surface area contributed by atoms with E-state index in [1.54, 1.807) is 16.7 Å². The molecule has 3 amide bonds. The molecule has 0 aromatic heterocycles. The summed E-state index contributed by atoms with van der Waals surface area (Å²) in [5.41, 5.74) is 1.70. The van der Waals surface area contributed by atoms with E-state index in [0.717, 1.165) is 11.3 Å². The van der Waals surface area contributed by atoms with Crippen molar-refractivity contribution >= 4 is 23.4 Å². The number of nitrogens with one attached hydrogen (secondary N) is 1. The second-order valence-electron chi connectivity index (χ2n) is 7.49. The number of nitrogens with zero attached hydrogens (tertiary/aromatic N) is 2. The largest absolute Gasteiger partial charge is 0.352 e. The lowest BCUT2D eigenvalue weighted by atomic mass is 9.94. The van der Waals surface area contributed by atoms with Gasteiger partial charge in [0.25, 0.3) is 0 Å². The van der Waals surface area contributed by atoms with E-state index in [0.29, 0.717) is 25.9 Å². The van der Waals surface area contributed by atoms with Gasteiger partial charge < -0.3 is 15.1 Å². The van der Waals surface area contributed by atoms with E-state index in [2.05, 4.69) is 5.32 Å². The number of hydrogen-bond acceptors (Lipinski definition) is 3. The van der Waals surface area contributed by atoms with Crippen molar-refractivity contribution in [3.8, 4) is 0 Å². The fourth-order valence-electron chi connectivity index (χ4n) is 3.72. The van der Waals surface area contributed by atoms with Gasteiger partial charge in [-0.15, -0.1) is 0 Å². The number of para-hydroxylation sites is 1. The van der Waals surface area contributed by atoms with Crippen LogP contribution in [0, 0.1) is 0 Å². The van der Waals surface area contributed by atoms with Gasteiger partial charge in [-0.1, -0.05) is 18.2 Å². The maximum Gasteiger partial charge on any atom is 0.239 e. The highest BCUT2D eigenvalue weighted by Gasteiger charge is 2.37. The number of amides is 3. The van der Waals surface area contributed by atoms with Gasteiger partial charge in [-0.2, -0.15) is 0 Å². The molecule has 6 heteroatoms. The van der Waals surface area contributed by atoms with Crippen molar-refractivity contribution < 1.29 is 14.4 Å². The highest BCUT2D eigenvalue weighted by atomic mass is 16.2. The first-order chi connectivity index (χ1) is 11.8. The Morgan fingerprint density at radius 2 is 2.00 bits per heavy atom. The summed E-state index contributed by atoms with van der Waals surface area (Å²) in [6, 6.07) is 7.88. The molecule has 0 saturated carbocycles. The molecule has 1 atom stereocenters. The minimum absolute atomic E-state index is 0.00129. The lowest BCUT2D eigenvalue weighted by Gasteiger charge is -2.42. The van der Waals surface area contributed by atoms with Gasteiger partial charge in [0.15, 0.2) is 0 Å². The molecule has 0 bridgehead atoms. The minimum Gasteiger partial charge on any atom is -0.352 e. The molecule has 25 heavy (non-hydrogen) atoms. The average Bonchev–Trinajstić information content (AvgIpc) is 2.94. The van der Waals surface area contributed by atoms with Gasteiger partial charge in [0, 0.05) is 38.0 Å². The fourth-order valence-corrected chi connectivity index (χ4v) is 3.72. The fraction of sp³-hybridized carbons (Fsp3) is 0.526. The highest BCUT2D eigenvalue weighted by Crippen LogP contribution is 2.38. The Morgan fingerprint density at radius 3 is 2.72 bits per heavy atom. The van der Waals surface area contributed by atoms with Crippen LogP contribution in [-0.4, -0.2) is 47.8 Å². The van der Waals surface area contributed by atoms with Crippen molar-refractivity contribution in [2.75, 3.05) is 24.5 Å². The van der Waals surface area contributed by atoms with Gasteiger partial charge in [-0.05, 0) is 31.9 Å². The first kappa shape index (κ1) is 17.5. The van der Waals surface area contributed by atoms with Gasteiger partial charge in [0.1, 0.15) is 6.54 Å². The smallest absolute Gasteiger partial charge is 0.239 e. The Bertz CT molecular complexity index is 714. The second-order valence-corrected chi connectivity index (χ2v) is 7.49. The first-order valence-corrected chi connectivity index (χ1v) is 8.74. The minimum atomic E-state index is -0.371. The predicted octanol–water partition coefficient (Wildman–Crippen LogP) is 1.65. The Balaban J connectivity index is 1.69. The number of fused-ring (bicyclic) bond motifs is 1. The average molecular weight is 343 g/mol. The van der Waals surface area contributed by atoms with Crippen molar-refractivity contribution in [1.82, 2.24) is 10.2 Å². The monoisotopic (exact) mass is 343 g/mol. The van der Waals surface area contributed by atoms with Crippen LogP contribution in [0.4, 0.5) is 5.69 Å². The molecular weight excluding hydrogens is 318 g/mol. The van der Waals surface area contributed by atoms with Crippen molar-refractivity contribution in [3.63, 3.8) is 0 Å². The van der Waals surface area contributed by atoms with E-state index in [1.807, 2.05) is 38.1 Å². The molecule has 2 aliphatic heterocycles. The quantitative estimate of drug-likeness (QED) is 0.907. The molecule has 6 nitrogen and oxygen atoms in total. The summed E-state index contributed by atoms with van der Waals surface area (Å²) in [5.74, 6) is 0.0705. The number of carbonyl (C=O) groups is 3. The number of hydrogen-bond donors (Lipinski definition) is 1. The standard InChI is InChI=1S/C19H25N3O3/c1-13(23)21-10-14(15-6-4-5-7-16(15)21)8-9-18(25)22-11-17(24)20-12-19(22,2)3/h4-7,14H,8-12H2,1-3H3,(H,20,24). The first-order valence-electron chi connectivity index (χ1n) is 8.74. The summed E-state index contributed by atoms with van der Waals surface area (Å²) in [6.07, 6.45) is 1.05. The SMILES string of the molecule is CC(=O)N1CC(CCC(=O)N2CC(=O)NCC2(C)C)c2ccccc21. The lowest BCUT2D eigenvalue weighted by Crippen LogP contribution is -2.62. The number of rotatable bonds is 3. The Morgan fingerprint density at radius 1 is 1.28 bits per heavy atom. The van der Waals surface area contributed by atoms with Crippen LogP contribution in [0.2, 0.25) is 0 Å². The molecule has 1 fully saturated rings. The summed E-state index contributed by atoms with van der Waals surface area (Å²) in [7, 11) is 0. The third kappa shape index (κ3) is 3.38. The second kappa shape index (κ2) is 6.50. The molecule has 2 heterocycles. The molecule has 1 aromatic rings. The third-order valence-corrected chi connectivity index (χ3v) is 5.21. The molecule has 1 saturated heterocycles. The van der Waals surface area contributed by atoms with E-state index in [1.165, 1.54) is 0 Å². The third-order valence-electron chi connectivity index (χ3n) is 5.21. The number of anilines is 1. The Kier molecular flexibility index (Phi) is 4.54. The normalized spacial score (nSPS) is 21.7. The van der Waals surface area contributed by atoms with Crippen LogP contribution < -0.4 is 10.2 Å². The maximum absolute atomic E-state index is 12.7. The number of carbonyl (C=O) groups excluding carboxylic acids is 3. The van der Waals surface area contributed by atoms with Gasteiger partial charge in [-0.3, -0.25) is 14.4 Å². The zero-order chi connectivity index (χ0) is 18.2. The Hall–Kier alpha value is -2.37. The van der Waals surface area contributed by atoms with Crippen LogP contribution in [0.25, 0.3) is 0 Å². The van der Waals surface area contributed by atoms with E-state index in [9.17, 15) is 14.4 Å². The van der Waals surface area contributed by atoms with Crippen LogP contribution in [0.5, 0.6) is 0 Å². The topological polar surface area (TPSA) is 69.7 Å². The van der Waals surface area contributed by atoms with E-state index in [-0.39, 0.29) is 35.7 Å². The maximum atomic E-state index is 12.7. The van der Waals surface area contributed by atoms with Crippen LogP contribution >= 0.6 is 0 Å². The Labute approximate surface area is 148 Å². The zero-order valence-corrected chi connectivity index (χ0v) is 15.0. The van der Waals surface area contributed by atoms with Gasteiger partial charge in [0.2, 0.25) is 17.7 Å². The molecular formula is C19H25N3O3. The zero-order valence-electron chi connectivity index (χ0n) is 15.0. The molecule has 1 aromatic carbocycles. The molecule has 0 radical (unpaired) electrons. The van der Waals surface area contributed by atoms with Crippen LogP contribution in [0.3, 0.4) is 0 Å². The van der Waals surface area contributed by atoms with Gasteiger partial charge in [0.05, 0.1) is 5.54 Å². The summed E-state index contributed by atoms with van der Waals surface area (Å²) in [4.78, 5) is 39.7. The number of piperazine rings is 1. The van der Waals surface area contributed by atoms with Crippen LogP contribution in [0.1, 0.15) is 45.1 Å². The molecule has 1 unspecified atom stereocenters. The molecule has 1 N–H and O–H groups in total. The van der Waals surface area contributed by atoms with Crippen molar-refractivity contribution in [3.05, 3.63) is 29.8 Å². The molecule has 0 aliphatic carbocycles. The van der Waals surface area contributed by atoms with Crippen molar-refractivity contribution in [2.45, 2.75) is 45.1 Å². The van der Waals surface area contributed by atoms with E-state index >= 15 is 0 Å². The summed E-state index contributed by atoms with van der Waals surface area (Å²) >= 11 is 0. The van der Waals surface area contributed by atoms with E-state index in [4.69, 9.17) is 0 Å². The van der Waals surface area contributed by atoms with Gasteiger partial charge >= 0.3 is 0 Å². The van der Waals surface area contributed by atoms with Crippen molar-refractivity contribution in [2.24, 2.45) is 0 Å². The predicted molar refractivity (Wildman–Crippen MR) is 95.2 cm³/mol. The molecule has 134 valence electrons. The summed E-state index contributed by atoms with van der Waals surface area (Å²) in [5, 5.41) is 2.81.